The number of nitrogens with one attached hydrogen (secondary N) is 1. The molecule has 18 heavy (non-hydrogen) atoms. The average molecular weight is 265 g/mol. The first-order chi connectivity index (χ1) is 8.30. The third-order valence-electron chi connectivity index (χ3n) is 2.81. The van der Waals surface area contributed by atoms with Crippen molar-refractivity contribution in [1.29, 1.82) is 0 Å². The van der Waals surface area contributed by atoms with Crippen molar-refractivity contribution < 1.29 is 27.9 Å². The highest BCUT2D eigenvalue weighted by atomic mass is 19.4. The van der Waals surface area contributed by atoms with E-state index in [2.05, 4.69) is 0 Å². The van der Waals surface area contributed by atoms with Crippen LogP contribution in [0, 0.1) is 5.92 Å². The van der Waals surface area contributed by atoms with E-state index in [1.54, 1.807) is 0 Å². The van der Waals surface area contributed by atoms with Crippen molar-refractivity contribution in [1.82, 2.24) is 5.32 Å². The SMILES string of the molecule is O=C(O)C(CC1CC=CCC1)NC(=O)C(F)(F)F. The monoisotopic (exact) mass is 265 g/mol. The van der Waals surface area contributed by atoms with Crippen LogP contribution in [0.4, 0.5) is 13.2 Å². The minimum atomic E-state index is -5.06. The van der Waals surface area contributed by atoms with E-state index in [9.17, 15) is 22.8 Å². The maximum absolute atomic E-state index is 12.0. The van der Waals surface area contributed by atoms with E-state index in [-0.39, 0.29) is 12.3 Å². The molecule has 7 heteroatoms. The van der Waals surface area contributed by atoms with Crippen LogP contribution in [0.1, 0.15) is 25.7 Å². The smallest absolute Gasteiger partial charge is 0.471 e. The van der Waals surface area contributed by atoms with Crippen molar-refractivity contribution in [2.24, 2.45) is 5.92 Å². The van der Waals surface area contributed by atoms with Crippen molar-refractivity contribution >= 4 is 11.9 Å². The topological polar surface area (TPSA) is 66.4 Å². The van der Waals surface area contributed by atoms with Crippen LogP contribution >= 0.6 is 0 Å². The zero-order valence-electron chi connectivity index (χ0n) is 9.54. The van der Waals surface area contributed by atoms with Crippen LogP contribution in [0.3, 0.4) is 0 Å². The van der Waals surface area contributed by atoms with Crippen LogP contribution < -0.4 is 5.32 Å². The molecule has 0 spiro atoms. The van der Waals surface area contributed by atoms with Crippen LogP contribution in [0.15, 0.2) is 12.2 Å². The molecule has 1 aliphatic carbocycles. The van der Waals surface area contributed by atoms with Crippen molar-refractivity contribution in [3.8, 4) is 0 Å². The molecule has 0 saturated heterocycles. The van der Waals surface area contributed by atoms with E-state index >= 15 is 0 Å². The molecule has 0 aromatic carbocycles. The highest BCUT2D eigenvalue weighted by molar-refractivity contribution is 5.86. The number of rotatable bonds is 4. The lowest BCUT2D eigenvalue weighted by Gasteiger charge is -2.22. The first-order valence-electron chi connectivity index (χ1n) is 5.56. The quantitative estimate of drug-likeness (QED) is 0.762. The molecule has 2 atom stereocenters. The van der Waals surface area contributed by atoms with Gasteiger partial charge in [-0.3, -0.25) is 4.79 Å². The maximum Gasteiger partial charge on any atom is 0.471 e. The lowest BCUT2D eigenvalue weighted by Crippen LogP contribution is -2.47. The van der Waals surface area contributed by atoms with Crippen molar-refractivity contribution in [3.05, 3.63) is 12.2 Å². The van der Waals surface area contributed by atoms with E-state index in [0.29, 0.717) is 6.42 Å². The number of hydrogen-bond acceptors (Lipinski definition) is 2. The summed E-state index contributed by atoms with van der Waals surface area (Å²) in [4.78, 5) is 21.5. The van der Waals surface area contributed by atoms with Gasteiger partial charge in [0.25, 0.3) is 0 Å². The predicted molar refractivity (Wildman–Crippen MR) is 56.7 cm³/mol. The molecule has 4 nitrogen and oxygen atoms in total. The van der Waals surface area contributed by atoms with E-state index in [1.807, 2.05) is 12.2 Å². The van der Waals surface area contributed by atoms with E-state index < -0.39 is 24.1 Å². The minimum absolute atomic E-state index is 0.00960. The number of carbonyl (C=O) groups excluding carboxylic acids is 1. The standard InChI is InChI=1S/C11H14F3NO3/c12-11(13,14)10(18)15-8(9(16)17)6-7-4-2-1-3-5-7/h1-2,7-8H,3-6H2,(H,15,18)(H,16,17). The Bertz CT molecular complexity index is 352. The van der Waals surface area contributed by atoms with Gasteiger partial charge in [-0.2, -0.15) is 13.2 Å². The number of halogens is 3. The second-order valence-corrected chi connectivity index (χ2v) is 4.25. The van der Waals surface area contributed by atoms with Gasteiger partial charge in [-0.1, -0.05) is 12.2 Å². The molecular formula is C11H14F3NO3. The highest BCUT2D eigenvalue weighted by Crippen LogP contribution is 2.23. The lowest BCUT2D eigenvalue weighted by atomic mass is 9.88. The summed E-state index contributed by atoms with van der Waals surface area (Å²) in [6, 6.07) is -1.49. The van der Waals surface area contributed by atoms with Gasteiger partial charge in [-0.05, 0) is 31.6 Å². The minimum Gasteiger partial charge on any atom is -0.480 e. The summed E-state index contributed by atoms with van der Waals surface area (Å²) < 4.78 is 36.1. The van der Waals surface area contributed by atoms with Gasteiger partial charge in [0.05, 0.1) is 0 Å². The van der Waals surface area contributed by atoms with Crippen LogP contribution in [-0.2, 0) is 9.59 Å². The van der Waals surface area contributed by atoms with Crippen LogP contribution in [0.5, 0.6) is 0 Å². The number of alkyl halides is 3. The van der Waals surface area contributed by atoms with Crippen LogP contribution in [0.25, 0.3) is 0 Å². The fourth-order valence-corrected chi connectivity index (χ4v) is 1.87. The molecule has 0 aliphatic heterocycles. The number of allylic oxidation sites excluding steroid dienone is 2. The van der Waals surface area contributed by atoms with E-state index in [1.165, 1.54) is 5.32 Å². The summed E-state index contributed by atoms with van der Waals surface area (Å²) in [6.45, 7) is 0. The average Bonchev–Trinajstić information content (AvgIpc) is 2.28. The fourth-order valence-electron chi connectivity index (χ4n) is 1.87. The molecule has 0 radical (unpaired) electrons. The normalized spacial score (nSPS) is 21.4. The highest BCUT2D eigenvalue weighted by Gasteiger charge is 2.41. The van der Waals surface area contributed by atoms with Gasteiger partial charge >= 0.3 is 18.1 Å². The molecule has 0 heterocycles. The first kappa shape index (κ1) is 14.5. The third kappa shape index (κ3) is 4.38. The number of amides is 1. The zero-order chi connectivity index (χ0) is 13.8. The second-order valence-electron chi connectivity index (χ2n) is 4.25. The fraction of sp³-hybridized carbons (Fsp3) is 0.636. The molecule has 1 rings (SSSR count). The lowest BCUT2D eigenvalue weighted by molar-refractivity contribution is -0.175. The molecule has 1 aliphatic rings. The molecule has 2 N–H and O–H groups in total. The van der Waals surface area contributed by atoms with E-state index in [4.69, 9.17) is 5.11 Å². The molecule has 102 valence electrons. The van der Waals surface area contributed by atoms with Crippen LogP contribution in [0.2, 0.25) is 0 Å². The Hall–Kier alpha value is -1.53. The van der Waals surface area contributed by atoms with Gasteiger partial charge in [0, 0.05) is 0 Å². The Morgan fingerprint density at radius 1 is 1.39 bits per heavy atom. The maximum atomic E-state index is 12.0. The third-order valence-corrected chi connectivity index (χ3v) is 2.81. The Kier molecular flexibility index (Phi) is 4.75. The Morgan fingerprint density at radius 3 is 2.50 bits per heavy atom. The summed E-state index contributed by atoms with van der Waals surface area (Å²) in [5.74, 6) is -3.66. The summed E-state index contributed by atoms with van der Waals surface area (Å²) in [7, 11) is 0. The predicted octanol–water partition coefficient (Wildman–Crippen LogP) is 1.86. The summed E-state index contributed by atoms with van der Waals surface area (Å²) in [5.41, 5.74) is 0. The first-order valence-corrected chi connectivity index (χ1v) is 5.56. The van der Waals surface area contributed by atoms with Gasteiger partial charge in [-0.15, -0.1) is 0 Å². The number of carbonyl (C=O) groups is 2. The summed E-state index contributed by atoms with van der Waals surface area (Å²) in [5, 5.41) is 10.3. The largest absolute Gasteiger partial charge is 0.480 e. The molecule has 0 aromatic heterocycles. The number of carboxylic acids is 1. The number of aliphatic carboxylic acids is 1. The molecule has 2 unspecified atom stereocenters. The Labute approximate surface area is 102 Å². The van der Waals surface area contributed by atoms with Gasteiger partial charge in [0.2, 0.25) is 0 Å². The second kappa shape index (κ2) is 5.88. The van der Waals surface area contributed by atoms with E-state index in [0.717, 1.165) is 12.8 Å². The van der Waals surface area contributed by atoms with Crippen molar-refractivity contribution in [2.75, 3.05) is 0 Å². The Balaban J connectivity index is 2.57. The molecule has 1 amide bonds. The number of hydrogen-bond donors (Lipinski definition) is 2. The van der Waals surface area contributed by atoms with Gasteiger partial charge in [0.1, 0.15) is 6.04 Å². The van der Waals surface area contributed by atoms with Gasteiger partial charge in [-0.25, -0.2) is 4.79 Å². The summed E-state index contributed by atoms with van der Waals surface area (Å²) >= 11 is 0. The molecule has 0 fully saturated rings. The Morgan fingerprint density at radius 2 is 2.06 bits per heavy atom. The van der Waals surface area contributed by atoms with Crippen LogP contribution in [-0.4, -0.2) is 29.2 Å². The molecule has 0 aromatic rings. The van der Waals surface area contributed by atoms with Gasteiger partial charge in [0.15, 0.2) is 0 Å². The summed E-state index contributed by atoms with van der Waals surface area (Å²) in [6.07, 6.45) is 0.916. The zero-order valence-corrected chi connectivity index (χ0v) is 9.54. The van der Waals surface area contributed by atoms with Crippen molar-refractivity contribution in [3.63, 3.8) is 0 Å². The van der Waals surface area contributed by atoms with Gasteiger partial charge < -0.3 is 10.4 Å². The van der Waals surface area contributed by atoms with Crippen molar-refractivity contribution in [2.45, 2.75) is 37.9 Å². The molecular weight excluding hydrogens is 251 g/mol. The molecule has 0 bridgehead atoms. The number of carboxylic acid groups (broad SMARTS) is 1. The molecule has 0 saturated carbocycles.